The summed E-state index contributed by atoms with van der Waals surface area (Å²) in [5.41, 5.74) is -0.342. The van der Waals surface area contributed by atoms with Gasteiger partial charge in [0.15, 0.2) is 0 Å². The quantitative estimate of drug-likeness (QED) is 0.709. The Labute approximate surface area is 138 Å². The summed E-state index contributed by atoms with van der Waals surface area (Å²) < 4.78 is 29.2. The van der Waals surface area contributed by atoms with Gasteiger partial charge in [0, 0.05) is 17.1 Å². The number of hydrogen-bond donors (Lipinski definition) is 3. The fraction of sp³-hybridized carbons (Fsp3) is 0.533. The number of ether oxygens (including phenoxy) is 1. The number of nitrogens with one attached hydrogen (secondary N) is 2. The Morgan fingerprint density at radius 3 is 2.78 bits per heavy atom. The van der Waals surface area contributed by atoms with Crippen LogP contribution in [0.3, 0.4) is 0 Å². The fourth-order valence-corrected chi connectivity index (χ4v) is 2.56. The van der Waals surface area contributed by atoms with Crippen molar-refractivity contribution in [1.29, 1.82) is 0 Å². The molecule has 2 amide bonds. The molecule has 1 atom stereocenters. The summed E-state index contributed by atoms with van der Waals surface area (Å²) in [7, 11) is 0. The second-order valence-electron chi connectivity index (χ2n) is 5.79. The van der Waals surface area contributed by atoms with Gasteiger partial charge in [-0.25, -0.2) is 4.79 Å². The maximum Gasteiger partial charge on any atom is 0.387 e. The maximum absolute atomic E-state index is 12.4. The molecule has 8 heteroatoms. The number of benzene rings is 1. The predicted molar refractivity (Wildman–Crippen MR) is 81.7 cm³/mol. The normalized spacial score (nSPS) is 16.8. The van der Waals surface area contributed by atoms with Crippen LogP contribution in [0.25, 0.3) is 0 Å². The van der Waals surface area contributed by atoms with E-state index in [1.165, 1.54) is 18.2 Å². The van der Waals surface area contributed by atoms with Gasteiger partial charge in [-0.05, 0) is 43.9 Å². The van der Waals surface area contributed by atoms with Crippen LogP contribution in [0.4, 0.5) is 13.6 Å². The molecule has 0 radical (unpaired) electrons. The zero-order chi connectivity index (χ0) is 17.0. The van der Waals surface area contributed by atoms with E-state index in [1.807, 2.05) is 0 Å². The van der Waals surface area contributed by atoms with E-state index in [2.05, 4.69) is 15.4 Å². The molecule has 0 spiro atoms. The van der Waals surface area contributed by atoms with Gasteiger partial charge in [-0.3, -0.25) is 0 Å². The third-order valence-electron chi connectivity index (χ3n) is 3.88. The SMILES string of the molecule is CC(CO)(NC(=O)NCc1cc(Cl)ccc1OC(F)F)C1CC1. The van der Waals surface area contributed by atoms with E-state index >= 15 is 0 Å². The van der Waals surface area contributed by atoms with E-state index in [-0.39, 0.29) is 24.8 Å². The lowest BCUT2D eigenvalue weighted by Crippen LogP contribution is -2.53. The Bertz CT molecular complexity index is 570. The number of carbonyl (C=O) groups is 1. The Morgan fingerprint density at radius 1 is 1.52 bits per heavy atom. The number of aliphatic hydroxyl groups is 1. The molecule has 1 saturated carbocycles. The van der Waals surface area contributed by atoms with Crippen molar-refractivity contribution in [3.8, 4) is 5.75 Å². The van der Waals surface area contributed by atoms with Crippen molar-refractivity contribution in [2.75, 3.05) is 6.61 Å². The highest BCUT2D eigenvalue weighted by molar-refractivity contribution is 6.30. The van der Waals surface area contributed by atoms with Gasteiger partial charge in [-0.1, -0.05) is 11.6 Å². The van der Waals surface area contributed by atoms with Gasteiger partial charge in [-0.15, -0.1) is 0 Å². The van der Waals surface area contributed by atoms with Crippen molar-refractivity contribution in [3.05, 3.63) is 28.8 Å². The van der Waals surface area contributed by atoms with Gasteiger partial charge in [0.1, 0.15) is 5.75 Å². The summed E-state index contributed by atoms with van der Waals surface area (Å²) in [5.74, 6) is 0.207. The minimum absolute atomic E-state index is 0.0272. The minimum atomic E-state index is -2.96. The summed E-state index contributed by atoms with van der Waals surface area (Å²) in [6, 6.07) is 3.71. The number of aliphatic hydroxyl groups excluding tert-OH is 1. The first kappa shape index (κ1) is 17.7. The van der Waals surface area contributed by atoms with Crippen LogP contribution in [-0.4, -0.2) is 29.9 Å². The molecule has 128 valence electrons. The molecule has 23 heavy (non-hydrogen) atoms. The van der Waals surface area contributed by atoms with Gasteiger partial charge in [-0.2, -0.15) is 8.78 Å². The van der Waals surface area contributed by atoms with Crippen LogP contribution in [0.15, 0.2) is 18.2 Å². The first-order valence-electron chi connectivity index (χ1n) is 7.24. The molecule has 3 N–H and O–H groups in total. The molecule has 1 aliphatic rings. The summed E-state index contributed by atoms with van der Waals surface area (Å²) >= 11 is 5.84. The molecule has 0 aromatic heterocycles. The second-order valence-corrected chi connectivity index (χ2v) is 6.22. The summed E-state index contributed by atoms with van der Waals surface area (Å²) in [4.78, 5) is 12.0. The van der Waals surface area contributed by atoms with Crippen LogP contribution >= 0.6 is 11.6 Å². The van der Waals surface area contributed by atoms with Crippen LogP contribution in [-0.2, 0) is 6.54 Å². The van der Waals surface area contributed by atoms with E-state index in [1.54, 1.807) is 6.92 Å². The topological polar surface area (TPSA) is 70.6 Å². The molecule has 0 aliphatic heterocycles. The molecule has 0 saturated heterocycles. The Morgan fingerprint density at radius 2 is 2.22 bits per heavy atom. The van der Waals surface area contributed by atoms with Gasteiger partial charge >= 0.3 is 12.6 Å². The Hall–Kier alpha value is -1.60. The van der Waals surface area contributed by atoms with Gasteiger partial charge in [0.2, 0.25) is 0 Å². The molecule has 1 aromatic rings. The average Bonchev–Trinajstić information content (AvgIpc) is 3.32. The van der Waals surface area contributed by atoms with E-state index in [9.17, 15) is 18.7 Å². The minimum Gasteiger partial charge on any atom is -0.434 e. The highest BCUT2D eigenvalue weighted by atomic mass is 35.5. The highest BCUT2D eigenvalue weighted by Crippen LogP contribution is 2.39. The van der Waals surface area contributed by atoms with Crippen molar-refractivity contribution in [2.24, 2.45) is 5.92 Å². The largest absolute Gasteiger partial charge is 0.434 e. The highest BCUT2D eigenvalue weighted by Gasteiger charge is 2.42. The Kier molecular flexibility index (Phi) is 5.64. The van der Waals surface area contributed by atoms with Crippen molar-refractivity contribution in [1.82, 2.24) is 10.6 Å². The molecule has 1 aromatic carbocycles. The number of alkyl halides is 2. The molecule has 1 unspecified atom stereocenters. The number of amides is 2. The van der Waals surface area contributed by atoms with Crippen LogP contribution in [0.1, 0.15) is 25.3 Å². The number of hydrogen-bond acceptors (Lipinski definition) is 3. The third-order valence-corrected chi connectivity index (χ3v) is 4.12. The number of urea groups is 1. The molecule has 2 rings (SSSR count). The van der Waals surface area contributed by atoms with Gasteiger partial charge < -0.3 is 20.5 Å². The first-order valence-corrected chi connectivity index (χ1v) is 7.62. The summed E-state index contributed by atoms with van der Waals surface area (Å²) in [5, 5.41) is 15.1. The average molecular weight is 349 g/mol. The smallest absolute Gasteiger partial charge is 0.387 e. The number of halogens is 3. The lowest BCUT2D eigenvalue weighted by molar-refractivity contribution is -0.0504. The molecular formula is C15H19ClF2N2O3. The lowest BCUT2D eigenvalue weighted by atomic mass is 9.97. The van der Waals surface area contributed by atoms with Crippen LogP contribution in [0.2, 0.25) is 5.02 Å². The molecule has 0 heterocycles. The zero-order valence-corrected chi connectivity index (χ0v) is 13.4. The lowest BCUT2D eigenvalue weighted by Gasteiger charge is -2.28. The zero-order valence-electron chi connectivity index (χ0n) is 12.6. The third kappa shape index (κ3) is 4.94. The van der Waals surface area contributed by atoms with Crippen molar-refractivity contribution >= 4 is 17.6 Å². The van der Waals surface area contributed by atoms with E-state index in [0.29, 0.717) is 10.6 Å². The van der Waals surface area contributed by atoms with Gasteiger partial charge in [0.05, 0.1) is 12.1 Å². The predicted octanol–water partition coefficient (Wildman–Crippen LogP) is 2.90. The van der Waals surface area contributed by atoms with Crippen molar-refractivity contribution in [3.63, 3.8) is 0 Å². The number of carbonyl (C=O) groups excluding carboxylic acids is 1. The van der Waals surface area contributed by atoms with Crippen molar-refractivity contribution < 1.29 is 23.4 Å². The molecule has 1 fully saturated rings. The first-order chi connectivity index (χ1) is 10.8. The van der Waals surface area contributed by atoms with Gasteiger partial charge in [0.25, 0.3) is 0 Å². The molecule has 5 nitrogen and oxygen atoms in total. The summed E-state index contributed by atoms with van der Waals surface area (Å²) in [6.45, 7) is -1.38. The molecular weight excluding hydrogens is 330 g/mol. The fourth-order valence-electron chi connectivity index (χ4n) is 2.37. The van der Waals surface area contributed by atoms with Crippen molar-refractivity contribution in [2.45, 2.75) is 38.5 Å². The maximum atomic E-state index is 12.4. The molecule has 1 aliphatic carbocycles. The Balaban J connectivity index is 1.97. The standard InChI is InChI=1S/C15H19ClF2N2O3/c1-15(8-21,10-2-3-10)20-14(22)19-7-9-6-11(16)4-5-12(9)23-13(17)18/h4-6,10,13,21H,2-3,7-8H2,1H3,(H2,19,20,22). The second kappa shape index (κ2) is 7.31. The summed E-state index contributed by atoms with van der Waals surface area (Å²) in [6.07, 6.45) is 1.91. The van der Waals surface area contributed by atoms with E-state index in [0.717, 1.165) is 12.8 Å². The van der Waals surface area contributed by atoms with E-state index < -0.39 is 18.2 Å². The number of rotatable bonds is 7. The monoisotopic (exact) mass is 348 g/mol. The van der Waals surface area contributed by atoms with E-state index in [4.69, 9.17) is 11.6 Å². The van der Waals surface area contributed by atoms with Crippen LogP contribution in [0.5, 0.6) is 5.75 Å². The molecule has 0 bridgehead atoms. The van der Waals surface area contributed by atoms with Crippen LogP contribution < -0.4 is 15.4 Å². The van der Waals surface area contributed by atoms with Crippen LogP contribution in [0, 0.1) is 5.92 Å².